The second-order valence-corrected chi connectivity index (χ2v) is 7.65. The van der Waals surface area contributed by atoms with Gasteiger partial charge in [0.2, 0.25) is 0 Å². The average Bonchev–Trinajstić information content (AvgIpc) is 2.11. The molecule has 0 aliphatic rings. The summed E-state index contributed by atoms with van der Waals surface area (Å²) in [7, 11) is 0. The second-order valence-electron chi connectivity index (χ2n) is 2.28. The minimum absolute atomic E-state index is 0.180. The van der Waals surface area contributed by atoms with Gasteiger partial charge in [-0.25, -0.2) is 0 Å². The van der Waals surface area contributed by atoms with Gasteiger partial charge in [0.05, 0.1) is 28.3 Å². The Kier molecular flexibility index (Phi) is 5.39. The first kappa shape index (κ1) is 13.9. The van der Waals surface area contributed by atoms with Crippen molar-refractivity contribution in [1.82, 2.24) is 0 Å². The molecule has 0 N–H and O–H groups in total. The normalized spacial score (nSPS) is 11.1. The minimum atomic E-state index is -0.180. The Hall–Kier alpha value is 1.82. The van der Waals surface area contributed by atoms with Crippen LogP contribution in [-0.4, -0.2) is 0 Å². The lowest BCUT2D eigenvalue weighted by Gasteiger charge is -2.13. The van der Waals surface area contributed by atoms with E-state index in [9.17, 15) is 0 Å². The van der Waals surface area contributed by atoms with E-state index in [1.54, 1.807) is 0 Å². The number of alkyl halides is 2. The van der Waals surface area contributed by atoms with Crippen LogP contribution in [0.1, 0.15) is 9.30 Å². The molecule has 1 rings (SSSR count). The Morgan fingerprint density at radius 2 is 1.29 bits per heavy atom. The summed E-state index contributed by atoms with van der Waals surface area (Å²) in [5, 5.41) is 1.36. The van der Waals surface area contributed by atoms with Crippen LogP contribution in [0.15, 0.2) is 4.47 Å². The lowest BCUT2D eigenvalue weighted by Crippen LogP contribution is -1.89. The highest BCUT2D eigenvalue weighted by Crippen LogP contribution is 2.49. The maximum Gasteiger partial charge on any atom is 0.0976 e. The van der Waals surface area contributed by atoms with E-state index in [-0.39, 0.29) is 8.76 Å². The smallest absolute Gasteiger partial charge is 0.0826 e. The summed E-state index contributed by atoms with van der Waals surface area (Å²) in [6.07, 6.45) is 0. The summed E-state index contributed by atoms with van der Waals surface area (Å²) < 4.78 is 0.357. The van der Waals surface area contributed by atoms with Gasteiger partial charge in [-0.2, -0.15) is 0 Å². The van der Waals surface area contributed by atoms with Crippen LogP contribution in [0.4, 0.5) is 0 Å². The molecule has 0 radical (unpaired) electrons. The molecule has 14 heavy (non-hydrogen) atoms. The molecule has 0 nitrogen and oxygen atoms in total. The number of rotatable bonds is 1. The Bertz CT molecular complexity index is 349. The van der Waals surface area contributed by atoms with Gasteiger partial charge in [0.1, 0.15) is 0 Å². The van der Waals surface area contributed by atoms with Gasteiger partial charge in [-0.3, -0.25) is 0 Å². The highest BCUT2D eigenvalue weighted by molar-refractivity contribution is 9.24. The fraction of sp³-hybridized carbons (Fsp3) is 0.143. The predicted molar refractivity (Wildman–Crippen MR) is 74.8 cm³/mol. The molecule has 0 aliphatic heterocycles. The van der Waals surface area contributed by atoms with Crippen LogP contribution in [-0.2, 0) is 0 Å². The molecule has 0 saturated heterocycles. The molecule has 0 atom stereocenters. The Labute approximate surface area is 127 Å². The molecular weight excluding hydrogens is 466 g/mol. The van der Waals surface area contributed by atoms with Crippen molar-refractivity contribution < 1.29 is 0 Å². The molecular formula is C7HBr3Cl4. The van der Waals surface area contributed by atoms with Crippen LogP contribution in [0, 0.1) is 0 Å². The van der Waals surface area contributed by atoms with E-state index in [1.165, 1.54) is 0 Å². The molecule has 0 saturated carbocycles. The van der Waals surface area contributed by atoms with Crippen molar-refractivity contribution in [3.8, 4) is 0 Å². The predicted octanol–water partition coefficient (Wildman–Crippen LogP) is 6.85. The van der Waals surface area contributed by atoms with Crippen molar-refractivity contribution >= 4 is 94.2 Å². The van der Waals surface area contributed by atoms with Crippen molar-refractivity contribution in [2.75, 3.05) is 0 Å². The van der Waals surface area contributed by atoms with Gasteiger partial charge in [0.25, 0.3) is 0 Å². The monoisotopic (exact) mass is 462 g/mol. The van der Waals surface area contributed by atoms with Gasteiger partial charge < -0.3 is 0 Å². The maximum atomic E-state index is 6.04. The first-order chi connectivity index (χ1) is 6.37. The molecule has 0 aliphatic carbocycles. The zero-order valence-electron chi connectivity index (χ0n) is 6.22. The van der Waals surface area contributed by atoms with E-state index >= 15 is 0 Å². The van der Waals surface area contributed by atoms with E-state index in [0.29, 0.717) is 25.1 Å². The molecule has 1 aromatic carbocycles. The number of halogens is 7. The third-order valence-corrected chi connectivity index (χ3v) is 5.36. The van der Waals surface area contributed by atoms with Crippen molar-refractivity contribution in [3.63, 3.8) is 0 Å². The number of benzene rings is 1. The van der Waals surface area contributed by atoms with Crippen LogP contribution in [0.5, 0.6) is 0 Å². The SMILES string of the molecule is Clc1c(Cl)c(Br)c(Cl)c(C(Br)Br)c1Cl. The fourth-order valence-corrected chi connectivity index (χ4v) is 3.91. The molecule has 0 amide bonds. The van der Waals surface area contributed by atoms with Gasteiger partial charge in [0.15, 0.2) is 0 Å². The molecule has 0 heterocycles. The summed E-state index contributed by atoms with van der Waals surface area (Å²) in [6.45, 7) is 0. The Morgan fingerprint density at radius 3 is 1.71 bits per heavy atom. The molecule has 78 valence electrons. The second kappa shape index (κ2) is 5.44. The largest absolute Gasteiger partial charge is 0.0976 e. The lowest BCUT2D eigenvalue weighted by molar-refractivity contribution is 1.40. The van der Waals surface area contributed by atoms with Crippen molar-refractivity contribution in [2.24, 2.45) is 0 Å². The summed E-state index contributed by atoms with van der Waals surface area (Å²) in [4.78, 5) is 0. The van der Waals surface area contributed by atoms with E-state index in [2.05, 4.69) is 47.8 Å². The van der Waals surface area contributed by atoms with Crippen molar-refractivity contribution in [3.05, 3.63) is 30.1 Å². The van der Waals surface area contributed by atoms with Crippen LogP contribution >= 0.6 is 94.2 Å². The Balaban J connectivity index is 3.60. The van der Waals surface area contributed by atoms with Crippen LogP contribution in [0.2, 0.25) is 20.1 Å². The highest BCUT2D eigenvalue weighted by Gasteiger charge is 2.21. The van der Waals surface area contributed by atoms with E-state index in [0.717, 1.165) is 0 Å². The molecule has 0 unspecified atom stereocenters. The zero-order valence-corrected chi connectivity index (χ0v) is 14.0. The maximum absolute atomic E-state index is 6.04. The Morgan fingerprint density at radius 1 is 0.786 bits per heavy atom. The van der Waals surface area contributed by atoms with Crippen molar-refractivity contribution in [2.45, 2.75) is 3.74 Å². The quantitative estimate of drug-likeness (QED) is 0.241. The van der Waals surface area contributed by atoms with Crippen molar-refractivity contribution in [1.29, 1.82) is 0 Å². The molecule has 1 aromatic rings. The van der Waals surface area contributed by atoms with E-state index in [1.807, 2.05) is 0 Å². The van der Waals surface area contributed by atoms with Crippen LogP contribution < -0.4 is 0 Å². The first-order valence-electron chi connectivity index (χ1n) is 3.17. The molecule has 7 heteroatoms. The molecule has 0 spiro atoms. The third kappa shape index (κ3) is 2.55. The van der Waals surface area contributed by atoms with Crippen LogP contribution in [0.3, 0.4) is 0 Å². The van der Waals surface area contributed by atoms with Gasteiger partial charge in [0, 0.05) is 5.56 Å². The average molecular weight is 467 g/mol. The molecule has 0 fully saturated rings. The zero-order chi connectivity index (χ0) is 11.0. The van der Waals surface area contributed by atoms with E-state index in [4.69, 9.17) is 46.4 Å². The number of hydrogen-bond acceptors (Lipinski definition) is 0. The van der Waals surface area contributed by atoms with E-state index < -0.39 is 0 Å². The highest BCUT2D eigenvalue weighted by atomic mass is 79.9. The first-order valence-corrected chi connectivity index (χ1v) is 7.31. The summed E-state index contributed by atoms with van der Waals surface area (Å²) in [5.74, 6) is 0. The minimum Gasteiger partial charge on any atom is -0.0826 e. The van der Waals surface area contributed by atoms with Gasteiger partial charge >= 0.3 is 0 Å². The third-order valence-electron chi connectivity index (χ3n) is 1.46. The topological polar surface area (TPSA) is 0 Å². The number of hydrogen-bond donors (Lipinski definition) is 0. The summed E-state index contributed by atoms with van der Waals surface area (Å²) in [5.41, 5.74) is 0.648. The van der Waals surface area contributed by atoms with Gasteiger partial charge in [-0.1, -0.05) is 78.3 Å². The summed E-state index contributed by atoms with van der Waals surface area (Å²) >= 11 is 33.7. The summed E-state index contributed by atoms with van der Waals surface area (Å²) in [6, 6.07) is 0. The van der Waals surface area contributed by atoms with Gasteiger partial charge in [-0.05, 0) is 15.9 Å². The molecule has 0 bridgehead atoms. The standard InChI is InChI=1S/C7HBr3Cl4/c8-2-3(11)1(7(9)10)4(12)6(14)5(2)13/h7H. The molecule has 0 aromatic heterocycles. The fourth-order valence-electron chi connectivity index (χ4n) is 0.813. The lowest BCUT2D eigenvalue weighted by atomic mass is 10.2. The van der Waals surface area contributed by atoms with Crippen LogP contribution in [0.25, 0.3) is 0 Å². The van der Waals surface area contributed by atoms with Gasteiger partial charge in [-0.15, -0.1) is 0 Å².